The number of nitriles is 1. The van der Waals surface area contributed by atoms with E-state index in [1.165, 1.54) is 0 Å². The Morgan fingerprint density at radius 1 is 1.26 bits per heavy atom. The smallest absolute Gasteiger partial charge is 0.0991 e. The quantitative estimate of drug-likeness (QED) is 0.842. The van der Waals surface area contributed by atoms with Gasteiger partial charge in [-0.3, -0.25) is 0 Å². The molecule has 0 aliphatic rings. The molecule has 2 rings (SSSR count). The molecule has 2 nitrogen and oxygen atoms in total. The molecule has 0 fully saturated rings. The van der Waals surface area contributed by atoms with Crippen molar-refractivity contribution >= 4 is 33.2 Å². The molecular weight excluding hydrogens is 324 g/mol. The predicted molar refractivity (Wildman–Crippen MR) is 82.3 cm³/mol. The van der Waals surface area contributed by atoms with Crippen LogP contribution >= 0.6 is 27.5 Å². The lowest BCUT2D eigenvalue weighted by Gasteiger charge is -2.17. The highest BCUT2D eigenvalue weighted by Gasteiger charge is 2.09. The molecule has 1 atom stereocenters. The zero-order valence-electron chi connectivity index (χ0n) is 10.3. The third-order valence-corrected chi connectivity index (χ3v) is 4.24. The van der Waals surface area contributed by atoms with Gasteiger partial charge in [0.05, 0.1) is 26.8 Å². The van der Waals surface area contributed by atoms with E-state index in [9.17, 15) is 0 Å². The van der Waals surface area contributed by atoms with Crippen LogP contribution in [-0.4, -0.2) is 0 Å². The summed E-state index contributed by atoms with van der Waals surface area (Å²) in [6, 6.07) is 15.5. The van der Waals surface area contributed by atoms with Gasteiger partial charge in [0.2, 0.25) is 0 Å². The molecule has 1 N–H and O–H groups in total. The van der Waals surface area contributed by atoms with Crippen molar-refractivity contribution in [2.75, 3.05) is 5.32 Å². The van der Waals surface area contributed by atoms with Crippen LogP contribution in [-0.2, 0) is 0 Å². The average molecular weight is 336 g/mol. The molecule has 0 aliphatic carbocycles. The summed E-state index contributed by atoms with van der Waals surface area (Å²) >= 11 is 9.52. The van der Waals surface area contributed by atoms with Crippen LogP contribution in [0.25, 0.3) is 0 Å². The average Bonchev–Trinajstić information content (AvgIpc) is 2.44. The first-order valence-electron chi connectivity index (χ1n) is 5.82. The van der Waals surface area contributed by atoms with Gasteiger partial charge in [0.25, 0.3) is 0 Å². The van der Waals surface area contributed by atoms with Gasteiger partial charge in [-0.05, 0) is 52.7 Å². The molecule has 0 amide bonds. The monoisotopic (exact) mass is 334 g/mol. The Labute approximate surface area is 126 Å². The Morgan fingerprint density at radius 3 is 2.74 bits per heavy atom. The van der Waals surface area contributed by atoms with E-state index >= 15 is 0 Å². The second-order valence-corrected chi connectivity index (χ2v) is 5.40. The van der Waals surface area contributed by atoms with Crippen molar-refractivity contribution in [1.82, 2.24) is 0 Å². The van der Waals surface area contributed by atoms with Crippen LogP contribution in [0.1, 0.15) is 24.1 Å². The van der Waals surface area contributed by atoms with E-state index in [1.54, 1.807) is 6.07 Å². The third kappa shape index (κ3) is 3.28. The number of halogens is 2. The fourth-order valence-corrected chi connectivity index (χ4v) is 2.36. The predicted octanol–water partition coefficient (Wildman–Crippen LogP) is 5.15. The van der Waals surface area contributed by atoms with Gasteiger partial charge in [0.1, 0.15) is 0 Å². The van der Waals surface area contributed by atoms with Crippen molar-refractivity contribution in [3.63, 3.8) is 0 Å². The first-order chi connectivity index (χ1) is 9.11. The lowest BCUT2D eigenvalue weighted by molar-refractivity contribution is 0.883. The summed E-state index contributed by atoms with van der Waals surface area (Å²) in [5.41, 5.74) is 2.66. The Balaban J connectivity index is 2.23. The van der Waals surface area contributed by atoms with Crippen molar-refractivity contribution in [3.8, 4) is 6.07 Å². The molecular formula is C15H12BrClN2. The SMILES string of the molecule is CC(Nc1cccc(Cl)c1Br)c1cccc(C#N)c1. The first kappa shape index (κ1) is 13.9. The number of benzene rings is 2. The van der Waals surface area contributed by atoms with E-state index in [4.69, 9.17) is 16.9 Å². The largest absolute Gasteiger partial charge is 0.378 e. The Hall–Kier alpha value is -1.50. The van der Waals surface area contributed by atoms with Crippen LogP contribution in [0.3, 0.4) is 0 Å². The van der Waals surface area contributed by atoms with Gasteiger partial charge in [0, 0.05) is 6.04 Å². The molecule has 0 aliphatic heterocycles. The van der Waals surface area contributed by atoms with E-state index in [2.05, 4.69) is 27.3 Å². The lowest BCUT2D eigenvalue weighted by Crippen LogP contribution is -2.07. The molecule has 0 bridgehead atoms. The van der Waals surface area contributed by atoms with Crippen LogP contribution in [0.2, 0.25) is 5.02 Å². The Kier molecular flexibility index (Phi) is 4.47. The molecule has 96 valence electrons. The standard InChI is InChI=1S/C15H12BrClN2/c1-10(12-5-2-4-11(8-12)9-18)19-14-7-3-6-13(17)15(14)16/h2-8,10,19H,1H3. The molecule has 0 saturated carbocycles. The summed E-state index contributed by atoms with van der Waals surface area (Å²) in [7, 11) is 0. The van der Waals surface area contributed by atoms with E-state index in [0.29, 0.717) is 10.6 Å². The maximum Gasteiger partial charge on any atom is 0.0991 e. The summed E-state index contributed by atoms with van der Waals surface area (Å²) in [6.45, 7) is 2.05. The van der Waals surface area contributed by atoms with E-state index in [0.717, 1.165) is 15.7 Å². The lowest BCUT2D eigenvalue weighted by atomic mass is 10.1. The van der Waals surface area contributed by atoms with Crippen molar-refractivity contribution in [2.24, 2.45) is 0 Å². The van der Waals surface area contributed by atoms with Gasteiger partial charge in [-0.1, -0.05) is 29.8 Å². The third-order valence-electron chi connectivity index (χ3n) is 2.84. The topological polar surface area (TPSA) is 35.8 Å². The zero-order chi connectivity index (χ0) is 13.8. The highest BCUT2D eigenvalue weighted by molar-refractivity contribution is 9.10. The number of hydrogen-bond acceptors (Lipinski definition) is 2. The van der Waals surface area contributed by atoms with Crippen molar-refractivity contribution in [2.45, 2.75) is 13.0 Å². The Bertz CT molecular complexity index is 634. The maximum absolute atomic E-state index is 8.92. The summed E-state index contributed by atoms with van der Waals surface area (Å²) in [4.78, 5) is 0. The second kappa shape index (κ2) is 6.10. The molecule has 1 unspecified atom stereocenters. The molecule has 0 aromatic heterocycles. The number of nitrogens with zero attached hydrogens (tertiary/aromatic N) is 1. The van der Waals surface area contributed by atoms with E-state index in [1.807, 2.05) is 43.3 Å². The maximum atomic E-state index is 8.92. The number of hydrogen-bond donors (Lipinski definition) is 1. The number of anilines is 1. The molecule has 0 spiro atoms. The zero-order valence-corrected chi connectivity index (χ0v) is 12.7. The number of rotatable bonds is 3. The van der Waals surface area contributed by atoms with E-state index < -0.39 is 0 Å². The van der Waals surface area contributed by atoms with Crippen LogP contribution in [0.5, 0.6) is 0 Å². The molecule has 4 heteroatoms. The molecule has 0 radical (unpaired) electrons. The van der Waals surface area contributed by atoms with Gasteiger partial charge in [-0.2, -0.15) is 5.26 Å². The minimum atomic E-state index is 0.0862. The Morgan fingerprint density at radius 2 is 2.00 bits per heavy atom. The molecule has 2 aromatic carbocycles. The van der Waals surface area contributed by atoms with Crippen molar-refractivity contribution in [3.05, 3.63) is 63.1 Å². The summed E-state index contributed by atoms with van der Waals surface area (Å²) in [5.74, 6) is 0. The molecule has 0 heterocycles. The van der Waals surface area contributed by atoms with Crippen LogP contribution in [0.15, 0.2) is 46.9 Å². The van der Waals surface area contributed by atoms with Crippen molar-refractivity contribution in [1.29, 1.82) is 5.26 Å². The van der Waals surface area contributed by atoms with Crippen LogP contribution < -0.4 is 5.32 Å². The van der Waals surface area contributed by atoms with E-state index in [-0.39, 0.29) is 6.04 Å². The second-order valence-electron chi connectivity index (χ2n) is 4.20. The molecule has 0 saturated heterocycles. The molecule has 19 heavy (non-hydrogen) atoms. The fraction of sp³-hybridized carbons (Fsp3) is 0.133. The van der Waals surface area contributed by atoms with Crippen LogP contribution in [0.4, 0.5) is 5.69 Å². The normalized spacial score (nSPS) is 11.7. The number of nitrogens with one attached hydrogen (secondary N) is 1. The van der Waals surface area contributed by atoms with Crippen LogP contribution in [0, 0.1) is 11.3 Å². The van der Waals surface area contributed by atoms with Gasteiger partial charge in [0.15, 0.2) is 0 Å². The summed E-state index contributed by atoms with van der Waals surface area (Å²) in [5, 5.41) is 13.0. The molecule has 2 aromatic rings. The summed E-state index contributed by atoms with van der Waals surface area (Å²) in [6.07, 6.45) is 0. The highest BCUT2D eigenvalue weighted by Crippen LogP contribution is 2.32. The van der Waals surface area contributed by atoms with Gasteiger partial charge in [-0.25, -0.2) is 0 Å². The minimum Gasteiger partial charge on any atom is -0.378 e. The minimum absolute atomic E-state index is 0.0862. The summed E-state index contributed by atoms with van der Waals surface area (Å²) < 4.78 is 0.847. The van der Waals surface area contributed by atoms with Gasteiger partial charge < -0.3 is 5.32 Å². The fourth-order valence-electron chi connectivity index (χ4n) is 1.81. The van der Waals surface area contributed by atoms with Gasteiger partial charge >= 0.3 is 0 Å². The van der Waals surface area contributed by atoms with Gasteiger partial charge in [-0.15, -0.1) is 0 Å². The highest BCUT2D eigenvalue weighted by atomic mass is 79.9. The van der Waals surface area contributed by atoms with Crippen molar-refractivity contribution < 1.29 is 0 Å². The first-order valence-corrected chi connectivity index (χ1v) is 6.99.